The molecule has 2 aromatic carbocycles. The first-order chi connectivity index (χ1) is 12.3. The molecule has 0 heterocycles. The highest BCUT2D eigenvalue weighted by atomic mass is 35.5. The number of nitrogens with one attached hydrogen (secondary N) is 1. The second-order valence-corrected chi connectivity index (χ2v) is 5.76. The lowest BCUT2D eigenvalue weighted by Gasteiger charge is -2.12. The van der Waals surface area contributed by atoms with Gasteiger partial charge in [-0.3, -0.25) is 4.79 Å². The van der Waals surface area contributed by atoms with Gasteiger partial charge in [0.25, 0.3) is 5.91 Å². The molecule has 8 heteroatoms. The Hall–Kier alpha value is -2.41. The summed E-state index contributed by atoms with van der Waals surface area (Å²) in [5.41, 5.74) is -1.03. The van der Waals surface area contributed by atoms with Crippen LogP contribution in [-0.2, 0) is 11.0 Å². The van der Waals surface area contributed by atoms with E-state index in [0.29, 0.717) is 18.1 Å². The maximum Gasteiger partial charge on any atom is 0.417 e. The number of carbonyl (C=O) groups excluding carboxylic acids is 1. The average Bonchev–Trinajstić information content (AvgIpc) is 2.59. The molecule has 0 spiro atoms. The molecule has 0 aliphatic carbocycles. The Kier molecular flexibility index (Phi) is 6.74. The molecule has 0 saturated carbocycles. The topological polar surface area (TPSA) is 47.6 Å². The maximum atomic E-state index is 12.8. The molecule has 0 radical (unpaired) electrons. The Balaban J connectivity index is 1.95. The van der Waals surface area contributed by atoms with Crippen molar-refractivity contribution in [3.63, 3.8) is 0 Å². The second-order valence-electron chi connectivity index (χ2n) is 5.35. The number of carbonyl (C=O) groups is 1. The van der Waals surface area contributed by atoms with E-state index in [-0.39, 0.29) is 12.3 Å². The van der Waals surface area contributed by atoms with Crippen LogP contribution in [0.3, 0.4) is 0 Å². The highest BCUT2D eigenvalue weighted by Gasteiger charge is 2.33. The van der Waals surface area contributed by atoms with Crippen molar-refractivity contribution in [2.75, 3.05) is 18.5 Å². The van der Waals surface area contributed by atoms with Crippen LogP contribution in [0.1, 0.15) is 18.9 Å². The SMILES string of the molecule is CCCOc1cccc(OCC(=O)Nc2ccc(Cl)c(C(F)(F)F)c2)c1. The van der Waals surface area contributed by atoms with Gasteiger partial charge in [0, 0.05) is 11.8 Å². The normalized spacial score (nSPS) is 11.1. The van der Waals surface area contributed by atoms with E-state index in [9.17, 15) is 18.0 Å². The van der Waals surface area contributed by atoms with Gasteiger partial charge in [-0.2, -0.15) is 13.2 Å². The van der Waals surface area contributed by atoms with Gasteiger partial charge in [-0.1, -0.05) is 24.6 Å². The molecule has 0 aliphatic rings. The lowest BCUT2D eigenvalue weighted by molar-refractivity contribution is -0.137. The zero-order valence-electron chi connectivity index (χ0n) is 13.9. The molecule has 1 N–H and O–H groups in total. The van der Waals surface area contributed by atoms with E-state index in [0.717, 1.165) is 18.6 Å². The fraction of sp³-hybridized carbons (Fsp3) is 0.278. The molecule has 0 unspecified atom stereocenters. The smallest absolute Gasteiger partial charge is 0.417 e. The molecule has 0 bridgehead atoms. The van der Waals surface area contributed by atoms with Gasteiger partial charge in [0.1, 0.15) is 11.5 Å². The van der Waals surface area contributed by atoms with E-state index in [1.165, 1.54) is 6.07 Å². The van der Waals surface area contributed by atoms with Crippen molar-refractivity contribution in [2.45, 2.75) is 19.5 Å². The minimum atomic E-state index is -4.60. The fourth-order valence-electron chi connectivity index (χ4n) is 2.04. The molecular weight excluding hydrogens is 371 g/mol. The molecule has 2 aromatic rings. The second kappa shape index (κ2) is 8.80. The van der Waals surface area contributed by atoms with E-state index in [1.807, 2.05) is 6.92 Å². The van der Waals surface area contributed by atoms with Crippen LogP contribution >= 0.6 is 11.6 Å². The molecule has 0 aliphatic heterocycles. The fourth-order valence-corrected chi connectivity index (χ4v) is 2.26. The summed E-state index contributed by atoms with van der Waals surface area (Å²) in [5, 5.41) is 1.91. The summed E-state index contributed by atoms with van der Waals surface area (Å²) in [6.07, 6.45) is -3.75. The lowest BCUT2D eigenvalue weighted by atomic mass is 10.2. The molecule has 0 aromatic heterocycles. The van der Waals surface area contributed by atoms with Gasteiger partial charge >= 0.3 is 6.18 Å². The molecule has 2 rings (SSSR count). The van der Waals surface area contributed by atoms with Crippen molar-refractivity contribution in [1.82, 2.24) is 0 Å². The lowest BCUT2D eigenvalue weighted by Crippen LogP contribution is -2.20. The van der Waals surface area contributed by atoms with E-state index in [4.69, 9.17) is 21.1 Å². The summed E-state index contributed by atoms with van der Waals surface area (Å²) < 4.78 is 49.3. The van der Waals surface area contributed by atoms with Crippen LogP contribution in [0, 0.1) is 0 Å². The van der Waals surface area contributed by atoms with Gasteiger partial charge < -0.3 is 14.8 Å². The molecule has 140 valence electrons. The first-order valence-corrected chi connectivity index (χ1v) is 8.19. The monoisotopic (exact) mass is 387 g/mol. The van der Waals surface area contributed by atoms with E-state index >= 15 is 0 Å². The first-order valence-electron chi connectivity index (χ1n) is 7.82. The number of hydrogen-bond acceptors (Lipinski definition) is 3. The van der Waals surface area contributed by atoms with E-state index in [2.05, 4.69) is 5.32 Å². The summed E-state index contributed by atoms with van der Waals surface area (Å²) in [6.45, 7) is 2.18. The average molecular weight is 388 g/mol. The van der Waals surface area contributed by atoms with Crippen molar-refractivity contribution < 1.29 is 27.4 Å². The number of halogens is 4. The standard InChI is InChI=1S/C18H17ClF3NO3/c1-2-8-25-13-4-3-5-14(10-13)26-11-17(24)23-12-6-7-16(19)15(9-12)18(20,21)22/h3-7,9-10H,2,8,11H2,1H3,(H,23,24). The summed E-state index contributed by atoms with van der Waals surface area (Å²) in [5.74, 6) is 0.429. The first kappa shape index (κ1) is 19.9. The number of benzene rings is 2. The zero-order chi connectivity index (χ0) is 19.2. The highest BCUT2D eigenvalue weighted by molar-refractivity contribution is 6.31. The third-order valence-corrected chi connectivity index (χ3v) is 3.53. The molecule has 0 saturated heterocycles. The van der Waals surface area contributed by atoms with Crippen LogP contribution in [0.15, 0.2) is 42.5 Å². The van der Waals surface area contributed by atoms with Crippen LogP contribution in [0.5, 0.6) is 11.5 Å². The van der Waals surface area contributed by atoms with Crippen molar-refractivity contribution in [2.24, 2.45) is 0 Å². The number of anilines is 1. The van der Waals surface area contributed by atoms with E-state index in [1.54, 1.807) is 24.3 Å². The molecular formula is C18H17ClF3NO3. The van der Waals surface area contributed by atoms with Gasteiger partial charge in [0.15, 0.2) is 6.61 Å². The number of alkyl halides is 3. The van der Waals surface area contributed by atoms with Crippen LogP contribution in [0.25, 0.3) is 0 Å². The Bertz CT molecular complexity index is 766. The summed E-state index contributed by atoms with van der Waals surface area (Å²) >= 11 is 5.54. The van der Waals surface area contributed by atoms with Crippen molar-refractivity contribution in [1.29, 1.82) is 0 Å². The van der Waals surface area contributed by atoms with Gasteiger partial charge in [-0.25, -0.2) is 0 Å². The van der Waals surface area contributed by atoms with Crippen LogP contribution in [0.4, 0.5) is 18.9 Å². The van der Waals surface area contributed by atoms with Crippen molar-refractivity contribution in [3.8, 4) is 11.5 Å². The molecule has 4 nitrogen and oxygen atoms in total. The third kappa shape index (κ3) is 5.84. The quantitative estimate of drug-likeness (QED) is 0.713. The predicted molar refractivity (Wildman–Crippen MR) is 92.8 cm³/mol. The van der Waals surface area contributed by atoms with Gasteiger partial charge in [-0.05, 0) is 36.8 Å². The van der Waals surface area contributed by atoms with Gasteiger partial charge in [0.2, 0.25) is 0 Å². The molecule has 0 fully saturated rings. The molecule has 1 amide bonds. The largest absolute Gasteiger partial charge is 0.493 e. The maximum absolute atomic E-state index is 12.8. The third-order valence-electron chi connectivity index (χ3n) is 3.20. The number of hydrogen-bond donors (Lipinski definition) is 1. The Morgan fingerprint density at radius 3 is 2.46 bits per heavy atom. The minimum absolute atomic E-state index is 0.0182. The zero-order valence-corrected chi connectivity index (χ0v) is 14.7. The molecule has 26 heavy (non-hydrogen) atoms. The highest BCUT2D eigenvalue weighted by Crippen LogP contribution is 2.36. The summed E-state index contributed by atoms with van der Waals surface area (Å²) in [7, 11) is 0. The Morgan fingerprint density at radius 1 is 1.12 bits per heavy atom. The van der Waals surface area contributed by atoms with Crippen molar-refractivity contribution in [3.05, 3.63) is 53.1 Å². The number of rotatable bonds is 7. The Morgan fingerprint density at radius 2 is 1.81 bits per heavy atom. The predicted octanol–water partition coefficient (Wildman–Crippen LogP) is 5.17. The van der Waals surface area contributed by atoms with E-state index < -0.39 is 22.7 Å². The minimum Gasteiger partial charge on any atom is -0.493 e. The van der Waals surface area contributed by atoms with Crippen LogP contribution in [-0.4, -0.2) is 19.1 Å². The number of amides is 1. The van der Waals surface area contributed by atoms with Crippen molar-refractivity contribution >= 4 is 23.2 Å². The molecule has 0 atom stereocenters. The van der Waals surface area contributed by atoms with Crippen LogP contribution in [0.2, 0.25) is 5.02 Å². The van der Waals surface area contributed by atoms with Gasteiger partial charge in [0.05, 0.1) is 17.2 Å². The van der Waals surface area contributed by atoms with Crippen LogP contribution < -0.4 is 14.8 Å². The van der Waals surface area contributed by atoms with Gasteiger partial charge in [-0.15, -0.1) is 0 Å². The number of ether oxygens (including phenoxy) is 2. The summed E-state index contributed by atoms with van der Waals surface area (Å²) in [4.78, 5) is 11.9. The summed E-state index contributed by atoms with van der Waals surface area (Å²) in [6, 6.07) is 9.90. The Labute approximate surface area is 153 Å².